The van der Waals surface area contributed by atoms with Gasteiger partial charge in [-0.15, -0.1) is 11.3 Å². The Morgan fingerprint density at radius 3 is 2.70 bits per heavy atom. The Balaban J connectivity index is 1.66. The molecule has 4 rings (SSSR count). The highest BCUT2D eigenvalue weighted by Crippen LogP contribution is 2.41. The smallest absolute Gasteiger partial charge is 0.373 e. The van der Waals surface area contributed by atoms with Crippen LogP contribution in [0.1, 0.15) is 16.3 Å². The van der Waals surface area contributed by atoms with E-state index in [4.69, 9.17) is 13.9 Å². The Morgan fingerprint density at radius 1 is 1.10 bits per heavy atom. The molecule has 0 radical (unpaired) electrons. The maximum absolute atomic E-state index is 11.6. The Hall–Kier alpha value is -3.04. The number of aromatic nitrogens is 2. The van der Waals surface area contributed by atoms with Crippen molar-refractivity contribution in [3.8, 4) is 22.6 Å². The van der Waals surface area contributed by atoms with Crippen molar-refractivity contribution in [3.05, 3.63) is 53.6 Å². The lowest BCUT2D eigenvalue weighted by Crippen LogP contribution is -1.98. The molecule has 0 aliphatic rings. The summed E-state index contributed by atoms with van der Waals surface area (Å²) < 4.78 is 21.0. The highest BCUT2D eigenvalue weighted by molar-refractivity contribution is 7.98. The second kappa shape index (κ2) is 8.76. The molecule has 3 aromatic heterocycles. The third kappa shape index (κ3) is 3.86. The zero-order valence-electron chi connectivity index (χ0n) is 16.5. The van der Waals surface area contributed by atoms with Gasteiger partial charge in [-0.25, -0.2) is 14.8 Å². The zero-order chi connectivity index (χ0) is 21.1. The maximum Gasteiger partial charge on any atom is 0.373 e. The molecule has 0 aliphatic heterocycles. The number of thiophene rings is 1. The molecule has 0 amide bonds. The maximum atomic E-state index is 11.6. The van der Waals surface area contributed by atoms with Crippen LogP contribution >= 0.6 is 23.1 Å². The Morgan fingerprint density at radius 2 is 1.93 bits per heavy atom. The monoisotopic (exact) mass is 442 g/mol. The van der Waals surface area contributed by atoms with Crippen molar-refractivity contribution in [2.45, 2.75) is 10.8 Å². The molecule has 30 heavy (non-hydrogen) atoms. The SMILES string of the molecule is COC(=O)c1ccc(CSc2ncnc3scc(-c4ccc(OC)c(OC)c4)c23)o1. The first kappa shape index (κ1) is 20.2. The second-order valence-corrected chi connectivity index (χ2v) is 7.95. The number of thioether (sulfide) groups is 1. The van der Waals surface area contributed by atoms with Gasteiger partial charge in [-0.1, -0.05) is 17.8 Å². The number of carbonyl (C=O) groups excluding carboxylic acids is 1. The summed E-state index contributed by atoms with van der Waals surface area (Å²) >= 11 is 3.08. The molecular formula is C21H18N2O5S2. The first-order valence-electron chi connectivity index (χ1n) is 8.89. The Bertz CT molecular complexity index is 1200. The van der Waals surface area contributed by atoms with Gasteiger partial charge >= 0.3 is 5.97 Å². The van der Waals surface area contributed by atoms with E-state index in [1.807, 2.05) is 18.2 Å². The van der Waals surface area contributed by atoms with Gasteiger partial charge in [-0.2, -0.15) is 0 Å². The summed E-state index contributed by atoms with van der Waals surface area (Å²) in [7, 11) is 4.55. The van der Waals surface area contributed by atoms with Crippen molar-refractivity contribution in [2.24, 2.45) is 0 Å². The lowest BCUT2D eigenvalue weighted by Gasteiger charge is -2.10. The standard InChI is InChI=1S/C21H18N2O5S2/c1-25-15-6-4-12(8-17(15)26-2)14-10-30-20-18(14)19(22-11-23-20)29-9-13-5-7-16(28-13)21(24)27-3/h4-8,10-11H,9H2,1-3H3. The minimum absolute atomic E-state index is 0.183. The van der Waals surface area contributed by atoms with Crippen molar-refractivity contribution in [2.75, 3.05) is 21.3 Å². The van der Waals surface area contributed by atoms with E-state index in [2.05, 4.69) is 20.1 Å². The van der Waals surface area contributed by atoms with E-state index in [0.717, 1.165) is 26.4 Å². The average molecular weight is 443 g/mol. The number of benzene rings is 1. The zero-order valence-corrected chi connectivity index (χ0v) is 18.1. The second-order valence-electron chi connectivity index (χ2n) is 6.12. The third-order valence-electron chi connectivity index (χ3n) is 4.43. The first-order chi connectivity index (χ1) is 14.6. The number of hydrogen-bond donors (Lipinski definition) is 0. The van der Waals surface area contributed by atoms with E-state index in [-0.39, 0.29) is 5.76 Å². The highest BCUT2D eigenvalue weighted by Gasteiger charge is 2.17. The van der Waals surface area contributed by atoms with E-state index in [1.165, 1.54) is 18.9 Å². The topological polar surface area (TPSA) is 83.7 Å². The van der Waals surface area contributed by atoms with E-state index in [9.17, 15) is 4.79 Å². The van der Waals surface area contributed by atoms with Crippen LogP contribution in [0.25, 0.3) is 21.3 Å². The quantitative estimate of drug-likeness (QED) is 0.223. The predicted molar refractivity (Wildman–Crippen MR) is 116 cm³/mol. The number of esters is 1. The number of carbonyl (C=O) groups is 1. The molecule has 0 saturated heterocycles. The number of methoxy groups -OCH3 is 3. The van der Waals surface area contributed by atoms with Gasteiger partial charge in [-0.3, -0.25) is 0 Å². The van der Waals surface area contributed by atoms with Crippen LogP contribution in [0.3, 0.4) is 0 Å². The number of fused-ring (bicyclic) bond motifs is 1. The molecule has 7 nitrogen and oxygen atoms in total. The summed E-state index contributed by atoms with van der Waals surface area (Å²) in [6, 6.07) is 9.18. The van der Waals surface area contributed by atoms with Gasteiger partial charge in [0.1, 0.15) is 21.9 Å². The van der Waals surface area contributed by atoms with Crippen LogP contribution in [-0.2, 0) is 10.5 Å². The van der Waals surface area contributed by atoms with Crippen molar-refractivity contribution in [1.82, 2.24) is 9.97 Å². The van der Waals surface area contributed by atoms with Crippen LogP contribution in [0, 0.1) is 0 Å². The first-order valence-corrected chi connectivity index (χ1v) is 10.8. The summed E-state index contributed by atoms with van der Waals surface area (Å²) in [6.45, 7) is 0. The van der Waals surface area contributed by atoms with Gasteiger partial charge in [0.2, 0.25) is 5.76 Å². The molecular weight excluding hydrogens is 424 g/mol. The summed E-state index contributed by atoms with van der Waals surface area (Å²) in [5, 5.41) is 3.87. The largest absolute Gasteiger partial charge is 0.493 e. The van der Waals surface area contributed by atoms with Crippen molar-refractivity contribution < 1.29 is 23.4 Å². The Kier molecular flexibility index (Phi) is 5.91. The molecule has 0 atom stereocenters. The molecule has 4 aromatic rings. The van der Waals surface area contributed by atoms with Gasteiger partial charge in [0.15, 0.2) is 11.5 Å². The minimum Gasteiger partial charge on any atom is -0.493 e. The fraction of sp³-hybridized carbons (Fsp3) is 0.190. The van der Waals surface area contributed by atoms with E-state index in [0.29, 0.717) is 23.0 Å². The molecule has 0 aliphatic carbocycles. The van der Waals surface area contributed by atoms with Gasteiger partial charge in [0.05, 0.1) is 32.5 Å². The number of nitrogens with zero attached hydrogens (tertiary/aromatic N) is 2. The summed E-state index contributed by atoms with van der Waals surface area (Å²) in [6.07, 6.45) is 1.56. The minimum atomic E-state index is -0.496. The predicted octanol–water partition coefficient (Wildman–Crippen LogP) is 5.05. The molecule has 0 N–H and O–H groups in total. The third-order valence-corrected chi connectivity index (χ3v) is 6.33. The average Bonchev–Trinajstić information content (AvgIpc) is 3.44. The molecule has 3 heterocycles. The van der Waals surface area contributed by atoms with Crippen LogP contribution < -0.4 is 9.47 Å². The highest BCUT2D eigenvalue weighted by atomic mass is 32.2. The van der Waals surface area contributed by atoms with Gasteiger partial charge in [-0.05, 0) is 29.8 Å². The number of ether oxygens (including phenoxy) is 3. The molecule has 0 fully saturated rings. The molecule has 1 aromatic carbocycles. The van der Waals surface area contributed by atoms with E-state index >= 15 is 0 Å². The normalized spacial score (nSPS) is 10.9. The van der Waals surface area contributed by atoms with Crippen LogP contribution in [0.15, 0.2) is 51.5 Å². The summed E-state index contributed by atoms with van der Waals surface area (Å²) in [5.74, 6) is 2.20. The molecule has 0 bridgehead atoms. The van der Waals surface area contributed by atoms with Gasteiger partial charge in [0, 0.05) is 10.9 Å². The molecule has 0 saturated carbocycles. The van der Waals surface area contributed by atoms with E-state index < -0.39 is 5.97 Å². The van der Waals surface area contributed by atoms with Gasteiger partial charge < -0.3 is 18.6 Å². The van der Waals surface area contributed by atoms with Crippen LogP contribution in [0.4, 0.5) is 0 Å². The molecule has 0 unspecified atom stereocenters. The van der Waals surface area contributed by atoms with Crippen molar-refractivity contribution >= 4 is 39.3 Å². The number of rotatable bonds is 7. The summed E-state index contributed by atoms with van der Waals surface area (Å²) in [5.41, 5.74) is 2.01. The molecule has 154 valence electrons. The molecule has 0 spiro atoms. The van der Waals surface area contributed by atoms with Crippen LogP contribution in [-0.4, -0.2) is 37.3 Å². The molecule has 9 heteroatoms. The van der Waals surface area contributed by atoms with E-state index in [1.54, 1.807) is 44.0 Å². The fourth-order valence-electron chi connectivity index (χ4n) is 2.98. The fourth-order valence-corrected chi connectivity index (χ4v) is 4.87. The van der Waals surface area contributed by atoms with Crippen molar-refractivity contribution in [1.29, 1.82) is 0 Å². The number of hydrogen-bond acceptors (Lipinski definition) is 9. The van der Waals surface area contributed by atoms with Crippen LogP contribution in [0.5, 0.6) is 11.5 Å². The number of furan rings is 1. The lowest BCUT2D eigenvalue weighted by molar-refractivity contribution is 0.0563. The Labute approximate surface area is 181 Å². The van der Waals surface area contributed by atoms with Gasteiger partial charge in [0.25, 0.3) is 0 Å². The van der Waals surface area contributed by atoms with Crippen molar-refractivity contribution in [3.63, 3.8) is 0 Å². The lowest BCUT2D eigenvalue weighted by atomic mass is 10.1. The van der Waals surface area contributed by atoms with Crippen LogP contribution in [0.2, 0.25) is 0 Å². The summed E-state index contributed by atoms with van der Waals surface area (Å²) in [4.78, 5) is 21.4.